The van der Waals surface area contributed by atoms with Crippen molar-refractivity contribution in [2.75, 3.05) is 27.1 Å². The highest BCUT2D eigenvalue weighted by Crippen LogP contribution is 2.43. The summed E-state index contributed by atoms with van der Waals surface area (Å²) in [5.74, 6) is 1.28. The molecule has 0 aliphatic rings. The van der Waals surface area contributed by atoms with Crippen LogP contribution in [0.3, 0.4) is 0 Å². The zero-order chi connectivity index (χ0) is 11.4. The van der Waals surface area contributed by atoms with E-state index in [-0.39, 0.29) is 6.61 Å². The van der Waals surface area contributed by atoms with E-state index in [9.17, 15) is 0 Å². The summed E-state index contributed by atoms with van der Waals surface area (Å²) in [5, 5.41) is 9.09. The van der Waals surface area contributed by atoms with E-state index in [1.54, 1.807) is 6.07 Å². The average molecular weight is 213 g/mol. The molecule has 5 nitrogen and oxygen atoms in total. The van der Waals surface area contributed by atoms with E-state index < -0.39 is 0 Å². The Morgan fingerprint density at radius 2 is 1.73 bits per heavy atom. The molecule has 0 atom stereocenters. The highest BCUT2D eigenvalue weighted by atomic mass is 16.5. The largest absolute Gasteiger partial charge is 0.493 e. The standard InChI is InChI=1S/C10H15NO4/c1-13-7-4-6(5-12)8(11)10(15-3)9(7)14-2/h4,12H,5,11H2,1-3H3. The maximum absolute atomic E-state index is 9.09. The lowest BCUT2D eigenvalue weighted by atomic mass is 10.1. The van der Waals surface area contributed by atoms with E-state index in [0.717, 1.165) is 0 Å². The summed E-state index contributed by atoms with van der Waals surface area (Å²) in [6.45, 7) is -0.178. The molecule has 0 bridgehead atoms. The van der Waals surface area contributed by atoms with Crippen LogP contribution < -0.4 is 19.9 Å². The number of aliphatic hydroxyl groups excluding tert-OH is 1. The third kappa shape index (κ3) is 1.92. The molecular formula is C10H15NO4. The van der Waals surface area contributed by atoms with Crippen molar-refractivity contribution >= 4 is 5.69 Å². The summed E-state index contributed by atoms with van der Waals surface area (Å²) in [6.07, 6.45) is 0. The average Bonchev–Trinajstić information content (AvgIpc) is 2.28. The lowest BCUT2D eigenvalue weighted by Crippen LogP contribution is -2.02. The van der Waals surface area contributed by atoms with Gasteiger partial charge in [0.1, 0.15) is 0 Å². The Balaban J connectivity index is 3.43. The maximum atomic E-state index is 9.09. The summed E-state index contributed by atoms with van der Waals surface area (Å²) in [6, 6.07) is 1.62. The van der Waals surface area contributed by atoms with E-state index in [2.05, 4.69) is 0 Å². The van der Waals surface area contributed by atoms with Gasteiger partial charge in [-0.3, -0.25) is 0 Å². The van der Waals surface area contributed by atoms with Gasteiger partial charge >= 0.3 is 0 Å². The molecule has 0 saturated heterocycles. The number of hydrogen-bond donors (Lipinski definition) is 2. The van der Waals surface area contributed by atoms with Gasteiger partial charge in [-0.15, -0.1) is 0 Å². The molecule has 0 saturated carbocycles. The summed E-state index contributed by atoms with van der Waals surface area (Å²) in [5.41, 5.74) is 6.69. The van der Waals surface area contributed by atoms with Gasteiger partial charge < -0.3 is 25.1 Å². The van der Waals surface area contributed by atoms with Gasteiger partial charge in [0, 0.05) is 5.56 Å². The van der Waals surface area contributed by atoms with E-state index >= 15 is 0 Å². The molecule has 0 spiro atoms. The summed E-state index contributed by atoms with van der Waals surface area (Å²) in [7, 11) is 4.49. The lowest BCUT2D eigenvalue weighted by molar-refractivity contribution is 0.278. The second kappa shape index (κ2) is 4.75. The van der Waals surface area contributed by atoms with Crippen LogP contribution in [0.1, 0.15) is 5.56 Å². The molecule has 5 heteroatoms. The van der Waals surface area contributed by atoms with Gasteiger partial charge in [-0.2, -0.15) is 0 Å². The predicted molar refractivity (Wildman–Crippen MR) is 56.4 cm³/mol. The molecule has 15 heavy (non-hydrogen) atoms. The predicted octanol–water partition coefficient (Wildman–Crippen LogP) is 0.787. The zero-order valence-corrected chi connectivity index (χ0v) is 9.03. The fourth-order valence-corrected chi connectivity index (χ4v) is 1.36. The highest BCUT2D eigenvalue weighted by Gasteiger charge is 2.17. The van der Waals surface area contributed by atoms with Crippen LogP contribution in [-0.4, -0.2) is 26.4 Å². The summed E-state index contributed by atoms with van der Waals surface area (Å²) >= 11 is 0. The molecule has 3 N–H and O–H groups in total. The minimum atomic E-state index is -0.178. The second-order valence-electron chi connectivity index (χ2n) is 2.88. The van der Waals surface area contributed by atoms with Crippen molar-refractivity contribution in [1.29, 1.82) is 0 Å². The molecule has 0 amide bonds. The fourth-order valence-electron chi connectivity index (χ4n) is 1.36. The molecule has 0 unspecified atom stereocenters. The fraction of sp³-hybridized carbons (Fsp3) is 0.400. The van der Waals surface area contributed by atoms with Gasteiger partial charge in [-0.1, -0.05) is 0 Å². The molecule has 0 heterocycles. The van der Waals surface area contributed by atoms with Gasteiger partial charge in [-0.05, 0) is 6.07 Å². The number of ether oxygens (including phenoxy) is 3. The first-order valence-electron chi connectivity index (χ1n) is 4.37. The van der Waals surface area contributed by atoms with E-state index in [0.29, 0.717) is 28.5 Å². The van der Waals surface area contributed by atoms with E-state index in [1.165, 1.54) is 21.3 Å². The van der Waals surface area contributed by atoms with Gasteiger partial charge in [-0.25, -0.2) is 0 Å². The van der Waals surface area contributed by atoms with Crippen molar-refractivity contribution in [3.8, 4) is 17.2 Å². The Labute approximate surface area is 88.4 Å². The Morgan fingerprint density at radius 3 is 2.13 bits per heavy atom. The SMILES string of the molecule is COc1cc(CO)c(N)c(OC)c1OC. The topological polar surface area (TPSA) is 73.9 Å². The third-order valence-electron chi connectivity index (χ3n) is 2.12. The van der Waals surface area contributed by atoms with Crippen LogP contribution in [0.15, 0.2) is 6.07 Å². The van der Waals surface area contributed by atoms with Gasteiger partial charge in [0.15, 0.2) is 11.5 Å². The number of rotatable bonds is 4. The Morgan fingerprint density at radius 1 is 1.13 bits per heavy atom. The van der Waals surface area contributed by atoms with Crippen molar-refractivity contribution in [2.24, 2.45) is 0 Å². The monoisotopic (exact) mass is 213 g/mol. The van der Waals surface area contributed by atoms with Crippen LogP contribution in [0.4, 0.5) is 5.69 Å². The number of anilines is 1. The highest BCUT2D eigenvalue weighted by molar-refractivity contribution is 5.69. The molecule has 0 fully saturated rings. The molecule has 1 aromatic carbocycles. The third-order valence-corrected chi connectivity index (χ3v) is 2.12. The lowest BCUT2D eigenvalue weighted by Gasteiger charge is -2.16. The van der Waals surface area contributed by atoms with Crippen molar-refractivity contribution in [2.45, 2.75) is 6.61 Å². The minimum Gasteiger partial charge on any atom is -0.493 e. The van der Waals surface area contributed by atoms with E-state index in [4.69, 9.17) is 25.1 Å². The number of hydrogen-bond acceptors (Lipinski definition) is 5. The first-order chi connectivity index (χ1) is 7.19. The molecule has 84 valence electrons. The van der Waals surface area contributed by atoms with Gasteiger partial charge in [0.2, 0.25) is 5.75 Å². The molecule has 0 radical (unpaired) electrons. The molecule has 0 aromatic heterocycles. The smallest absolute Gasteiger partial charge is 0.205 e. The van der Waals surface area contributed by atoms with Crippen LogP contribution in [0.2, 0.25) is 0 Å². The second-order valence-corrected chi connectivity index (χ2v) is 2.88. The first kappa shape index (κ1) is 11.5. The maximum Gasteiger partial charge on any atom is 0.205 e. The molecule has 0 aliphatic carbocycles. The van der Waals surface area contributed by atoms with Crippen molar-refractivity contribution in [3.05, 3.63) is 11.6 Å². The molecule has 0 aliphatic heterocycles. The quantitative estimate of drug-likeness (QED) is 0.723. The summed E-state index contributed by atoms with van der Waals surface area (Å²) in [4.78, 5) is 0. The van der Waals surface area contributed by atoms with Gasteiger partial charge in [0.25, 0.3) is 0 Å². The van der Waals surface area contributed by atoms with E-state index in [1.807, 2.05) is 0 Å². The number of aliphatic hydroxyl groups is 1. The van der Waals surface area contributed by atoms with Crippen LogP contribution in [-0.2, 0) is 6.61 Å². The zero-order valence-electron chi connectivity index (χ0n) is 9.03. The Bertz CT molecular complexity index is 352. The molecular weight excluding hydrogens is 198 g/mol. The van der Waals surface area contributed by atoms with Gasteiger partial charge in [0.05, 0.1) is 33.6 Å². The number of benzene rings is 1. The normalized spacial score (nSPS) is 9.87. The van der Waals surface area contributed by atoms with Crippen molar-refractivity contribution in [3.63, 3.8) is 0 Å². The van der Waals surface area contributed by atoms with Crippen LogP contribution in [0.5, 0.6) is 17.2 Å². The first-order valence-corrected chi connectivity index (χ1v) is 4.37. The van der Waals surface area contributed by atoms with Crippen LogP contribution >= 0.6 is 0 Å². The number of nitrogen functional groups attached to an aromatic ring is 1. The minimum absolute atomic E-state index is 0.178. The Hall–Kier alpha value is -1.62. The molecule has 1 aromatic rings. The van der Waals surface area contributed by atoms with Crippen LogP contribution in [0, 0.1) is 0 Å². The number of methoxy groups -OCH3 is 3. The summed E-state index contributed by atoms with van der Waals surface area (Å²) < 4.78 is 15.3. The van der Waals surface area contributed by atoms with Crippen LogP contribution in [0.25, 0.3) is 0 Å². The number of nitrogens with two attached hydrogens (primary N) is 1. The van der Waals surface area contributed by atoms with Crippen molar-refractivity contribution < 1.29 is 19.3 Å². The Kier molecular flexibility index (Phi) is 3.62. The van der Waals surface area contributed by atoms with Crippen molar-refractivity contribution in [1.82, 2.24) is 0 Å². The molecule has 1 rings (SSSR count).